The van der Waals surface area contributed by atoms with Gasteiger partial charge in [0.15, 0.2) is 0 Å². The first kappa shape index (κ1) is 66.7. The highest BCUT2D eigenvalue weighted by molar-refractivity contribution is 7.47. The van der Waals surface area contributed by atoms with Crippen molar-refractivity contribution in [3.8, 4) is 0 Å². The fourth-order valence-corrected chi connectivity index (χ4v) is 8.74. The second kappa shape index (κ2) is 49.3. The lowest BCUT2D eigenvalue weighted by Crippen LogP contribution is -2.47. The molecule has 0 aromatic carbocycles. The van der Waals surface area contributed by atoms with Crippen LogP contribution in [0.25, 0.3) is 0 Å². The molecule has 0 saturated carbocycles. The van der Waals surface area contributed by atoms with Gasteiger partial charge in [0.25, 0.3) is 0 Å². The maximum atomic E-state index is 13.5. The molecule has 0 aliphatic heterocycles. The van der Waals surface area contributed by atoms with Gasteiger partial charge in [0, 0.05) is 12.8 Å². The summed E-state index contributed by atoms with van der Waals surface area (Å²) in [5.41, 5.74) is 0. The van der Waals surface area contributed by atoms with Crippen molar-refractivity contribution in [1.29, 1.82) is 0 Å². The first-order valence-electron chi connectivity index (χ1n) is 28.6. The number of allylic oxidation sites excluding steroid dienone is 9. The van der Waals surface area contributed by atoms with Crippen LogP contribution in [0, 0.1) is 0 Å². The number of nitrogens with one attached hydrogen (secondary N) is 1. The van der Waals surface area contributed by atoms with Gasteiger partial charge in [-0.05, 0) is 89.5 Å². The molecule has 0 aromatic rings. The average molecular weight is 991 g/mol. The number of rotatable bonds is 51. The third-order valence-corrected chi connectivity index (χ3v) is 13.4. The topological polar surface area (TPSA) is 111 Å². The molecule has 2 N–H and O–H groups in total. The van der Waals surface area contributed by atoms with Crippen molar-refractivity contribution >= 4 is 19.7 Å². The summed E-state index contributed by atoms with van der Waals surface area (Å²) in [4.78, 5) is 37.6. The van der Waals surface area contributed by atoms with Gasteiger partial charge in [-0.15, -0.1) is 0 Å². The smallest absolute Gasteiger partial charge is 0.456 e. The van der Waals surface area contributed by atoms with Crippen LogP contribution in [0.3, 0.4) is 0 Å². The normalized spacial score (nSPS) is 14.2. The molecule has 69 heavy (non-hydrogen) atoms. The van der Waals surface area contributed by atoms with E-state index >= 15 is 0 Å². The number of carbonyl (C=O) groups is 2. The molecule has 0 radical (unpaired) electrons. The molecule has 0 rings (SSSR count). The predicted molar refractivity (Wildman–Crippen MR) is 295 cm³/mol. The zero-order chi connectivity index (χ0) is 50.8. The number of hydrogen-bond acceptors (Lipinski definition) is 6. The van der Waals surface area contributed by atoms with Gasteiger partial charge >= 0.3 is 13.8 Å². The van der Waals surface area contributed by atoms with Crippen LogP contribution in [-0.2, 0) is 27.9 Å². The minimum Gasteiger partial charge on any atom is -0.456 e. The molecule has 0 spiro atoms. The Morgan fingerprint density at radius 2 is 0.928 bits per heavy atom. The number of esters is 1. The number of carbonyl (C=O) groups excluding carboxylic acids is 2. The van der Waals surface area contributed by atoms with E-state index in [0.29, 0.717) is 23.9 Å². The molecule has 3 unspecified atom stereocenters. The van der Waals surface area contributed by atoms with Crippen LogP contribution in [-0.4, -0.2) is 74.3 Å². The Bertz CT molecular complexity index is 1370. The molecule has 3 atom stereocenters. The minimum atomic E-state index is -4.45. The minimum absolute atomic E-state index is 0.0337. The van der Waals surface area contributed by atoms with Crippen molar-refractivity contribution in [2.75, 3.05) is 40.9 Å². The number of unbranched alkanes of at least 4 members (excludes halogenated alkanes) is 27. The molecule has 0 bridgehead atoms. The standard InChI is InChI=1S/C59H109N2O7P/c1-7-10-13-16-19-22-25-28-30-31-33-36-39-42-45-48-51-58(62)60-56(55-67-69(64,65)66-54-53-61(4,5)6)57(50-47-44-41-38-35-32-27-24-21-18-15-12-9-3)68-59(63)52-49-46-43-40-37-34-29-26-23-20-17-14-11-8-2/h11,14,20,23,29-31,34,47,50,56-57H,7-10,12-13,15-19,21-22,24-28,32-33,35-46,48-49,51-55H2,1-6H3,(H-,60,62,64,65)/p+1/b14-11+,23-20+,31-30+,34-29+,50-47+. The molecule has 0 saturated heterocycles. The third-order valence-electron chi connectivity index (χ3n) is 12.4. The Morgan fingerprint density at radius 1 is 0.522 bits per heavy atom. The van der Waals surface area contributed by atoms with Crippen LogP contribution in [0.4, 0.5) is 0 Å². The molecule has 0 aliphatic carbocycles. The number of hydrogen-bond donors (Lipinski definition) is 2. The molecule has 10 heteroatoms. The summed E-state index contributed by atoms with van der Waals surface area (Å²) in [5, 5.41) is 3.04. The van der Waals surface area contributed by atoms with Gasteiger partial charge < -0.3 is 19.4 Å². The number of quaternary nitrogens is 1. The third kappa shape index (κ3) is 50.4. The van der Waals surface area contributed by atoms with E-state index in [1.165, 1.54) is 109 Å². The molecular weight excluding hydrogens is 880 g/mol. The van der Waals surface area contributed by atoms with Crippen molar-refractivity contribution in [2.24, 2.45) is 0 Å². The molecule has 402 valence electrons. The largest absolute Gasteiger partial charge is 0.472 e. The second-order valence-electron chi connectivity index (χ2n) is 20.4. The fourth-order valence-electron chi connectivity index (χ4n) is 8.01. The molecule has 0 aromatic heterocycles. The molecule has 1 amide bonds. The Hall–Kier alpha value is -2.29. The van der Waals surface area contributed by atoms with E-state index in [-0.39, 0.29) is 31.5 Å². The summed E-state index contributed by atoms with van der Waals surface area (Å²) in [6.45, 7) is 6.88. The van der Waals surface area contributed by atoms with Gasteiger partial charge in [0.05, 0.1) is 33.8 Å². The predicted octanol–water partition coefficient (Wildman–Crippen LogP) is 17.1. The summed E-state index contributed by atoms with van der Waals surface area (Å²) in [6, 6.07) is -0.861. The van der Waals surface area contributed by atoms with Crippen LogP contribution in [0.15, 0.2) is 60.8 Å². The van der Waals surface area contributed by atoms with E-state index in [2.05, 4.69) is 74.7 Å². The Morgan fingerprint density at radius 3 is 1.41 bits per heavy atom. The highest BCUT2D eigenvalue weighted by atomic mass is 31.2. The second-order valence-corrected chi connectivity index (χ2v) is 21.9. The van der Waals surface area contributed by atoms with Crippen LogP contribution in [0.1, 0.15) is 252 Å². The monoisotopic (exact) mass is 990 g/mol. The SMILES string of the molecule is CC/C=C/C/C=C/C/C=C/CCCCCCC(=O)OC(/C=C/CCCCCCCCCCCCC)C(COP(=O)(O)OCC[N+](C)(C)C)NC(=O)CCCCCCC/C=C/CCCCCCCCC. The van der Waals surface area contributed by atoms with Gasteiger partial charge in [-0.1, -0.05) is 210 Å². The lowest BCUT2D eigenvalue weighted by Gasteiger charge is -2.27. The molecule has 9 nitrogen and oxygen atoms in total. The molecule has 0 fully saturated rings. The summed E-state index contributed by atoms with van der Waals surface area (Å²) >= 11 is 0. The number of phosphoric ester groups is 1. The highest BCUT2D eigenvalue weighted by Crippen LogP contribution is 2.43. The number of nitrogens with zero attached hydrogens (tertiary/aromatic N) is 1. The van der Waals surface area contributed by atoms with E-state index in [4.69, 9.17) is 13.8 Å². The number of ether oxygens (including phenoxy) is 1. The van der Waals surface area contributed by atoms with Crippen molar-refractivity contribution in [1.82, 2.24) is 5.32 Å². The molecular formula is C59H110N2O7P+. The summed E-state index contributed by atoms with van der Waals surface area (Å²) < 4.78 is 30.6. The molecule has 0 heterocycles. The Kier molecular flexibility index (Phi) is 47.7. The van der Waals surface area contributed by atoms with Crippen LogP contribution in [0.5, 0.6) is 0 Å². The van der Waals surface area contributed by atoms with E-state index in [9.17, 15) is 19.0 Å². The summed E-state index contributed by atoms with van der Waals surface area (Å²) in [5.74, 6) is -0.539. The van der Waals surface area contributed by atoms with Gasteiger partial charge in [0.1, 0.15) is 19.3 Å². The van der Waals surface area contributed by atoms with Crippen LogP contribution >= 0.6 is 7.82 Å². The zero-order valence-corrected chi connectivity index (χ0v) is 46.7. The first-order chi connectivity index (χ1) is 33.4. The number of phosphoric acid groups is 1. The first-order valence-corrected chi connectivity index (χ1v) is 30.1. The van der Waals surface area contributed by atoms with Gasteiger partial charge in [0.2, 0.25) is 5.91 Å². The van der Waals surface area contributed by atoms with Crippen molar-refractivity contribution < 1.29 is 37.3 Å². The average Bonchev–Trinajstić information content (AvgIpc) is 3.31. The highest BCUT2D eigenvalue weighted by Gasteiger charge is 2.30. The van der Waals surface area contributed by atoms with E-state index in [0.717, 1.165) is 103 Å². The van der Waals surface area contributed by atoms with Gasteiger partial charge in [-0.2, -0.15) is 0 Å². The Labute approximate surface area is 426 Å². The maximum absolute atomic E-state index is 13.5. The number of likely N-dealkylation sites (N-methyl/N-ethyl adjacent to an activating group) is 1. The van der Waals surface area contributed by atoms with E-state index in [1.807, 2.05) is 33.3 Å². The van der Waals surface area contributed by atoms with Crippen molar-refractivity contribution in [2.45, 2.75) is 264 Å². The van der Waals surface area contributed by atoms with Gasteiger partial charge in [-0.3, -0.25) is 18.6 Å². The van der Waals surface area contributed by atoms with Crippen molar-refractivity contribution in [3.63, 3.8) is 0 Å². The van der Waals surface area contributed by atoms with E-state index in [1.54, 1.807) is 0 Å². The van der Waals surface area contributed by atoms with E-state index < -0.39 is 20.0 Å². The number of amides is 1. The Balaban J connectivity index is 5.42. The zero-order valence-electron chi connectivity index (χ0n) is 45.8. The van der Waals surface area contributed by atoms with Crippen molar-refractivity contribution in [3.05, 3.63) is 60.8 Å². The quantitative estimate of drug-likeness (QED) is 0.0205. The van der Waals surface area contributed by atoms with Crippen LogP contribution in [0.2, 0.25) is 0 Å². The summed E-state index contributed by atoms with van der Waals surface area (Å²) in [6.07, 6.45) is 60.7. The lowest BCUT2D eigenvalue weighted by molar-refractivity contribution is -0.870. The molecule has 0 aliphatic rings. The fraction of sp³-hybridized carbons (Fsp3) is 0.797. The lowest BCUT2D eigenvalue weighted by atomic mass is 10.0. The van der Waals surface area contributed by atoms with Crippen LogP contribution < -0.4 is 5.32 Å². The maximum Gasteiger partial charge on any atom is 0.472 e. The van der Waals surface area contributed by atoms with Gasteiger partial charge in [-0.25, -0.2) is 4.57 Å². The summed E-state index contributed by atoms with van der Waals surface area (Å²) in [7, 11) is 1.47.